The Kier molecular flexibility index (Phi) is 7.12. The Morgan fingerprint density at radius 2 is 1.73 bits per heavy atom. The van der Waals surface area contributed by atoms with E-state index in [1.807, 2.05) is 26.0 Å². The first-order valence-corrected chi connectivity index (χ1v) is 11.4. The molecule has 1 aliphatic heterocycles. The topological polar surface area (TPSA) is 84.9 Å². The second-order valence-corrected chi connectivity index (χ2v) is 9.36. The molecule has 1 aliphatic rings. The fourth-order valence-corrected chi connectivity index (χ4v) is 4.82. The third-order valence-electron chi connectivity index (χ3n) is 4.91. The van der Waals surface area contributed by atoms with Gasteiger partial charge in [-0.1, -0.05) is 12.1 Å². The van der Waals surface area contributed by atoms with Crippen molar-refractivity contribution < 1.29 is 22.7 Å². The number of carbonyl (C=O) groups is 1. The number of amides is 1. The first kappa shape index (κ1) is 22.3. The van der Waals surface area contributed by atoms with E-state index in [9.17, 15) is 13.2 Å². The van der Waals surface area contributed by atoms with Crippen LogP contribution in [0.4, 0.5) is 0 Å². The van der Waals surface area contributed by atoms with Gasteiger partial charge < -0.3 is 14.8 Å². The normalized spacial score (nSPS) is 15.0. The highest BCUT2D eigenvalue weighted by Crippen LogP contribution is 2.21. The van der Waals surface area contributed by atoms with Crippen molar-refractivity contribution in [1.29, 1.82) is 0 Å². The van der Waals surface area contributed by atoms with Gasteiger partial charge in [0.1, 0.15) is 12.4 Å². The molecule has 1 N–H and O–H groups in total. The Hall–Kier alpha value is -2.42. The monoisotopic (exact) mass is 432 g/mol. The lowest BCUT2D eigenvalue weighted by Gasteiger charge is -2.26. The first-order chi connectivity index (χ1) is 14.3. The van der Waals surface area contributed by atoms with Gasteiger partial charge >= 0.3 is 0 Å². The van der Waals surface area contributed by atoms with Gasteiger partial charge in [0.2, 0.25) is 10.0 Å². The van der Waals surface area contributed by atoms with Crippen molar-refractivity contribution in [2.24, 2.45) is 0 Å². The van der Waals surface area contributed by atoms with Gasteiger partial charge in [-0.15, -0.1) is 0 Å². The maximum atomic E-state index is 12.9. The number of aryl methyl sites for hydroxylation is 3. The molecule has 3 rings (SSSR count). The molecule has 0 aromatic heterocycles. The molecule has 0 bridgehead atoms. The fraction of sp³-hybridized carbons (Fsp3) is 0.409. The average molecular weight is 433 g/mol. The van der Waals surface area contributed by atoms with Crippen LogP contribution >= 0.6 is 0 Å². The Morgan fingerprint density at radius 3 is 2.40 bits per heavy atom. The number of rotatable bonds is 7. The molecule has 2 aromatic rings. The molecule has 162 valence electrons. The molecule has 1 saturated heterocycles. The Morgan fingerprint density at radius 1 is 1.07 bits per heavy atom. The quantitative estimate of drug-likeness (QED) is 0.680. The van der Waals surface area contributed by atoms with E-state index in [0.717, 1.165) is 16.9 Å². The summed E-state index contributed by atoms with van der Waals surface area (Å²) in [5.41, 5.74) is 3.28. The van der Waals surface area contributed by atoms with Crippen molar-refractivity contribution in [2.75, 3.05) is 39.5 Å². The van der Waals surface area contributed by atoms with Crippen molar-refractivity contribution in [3.8, 4) is 5.75 Å². The number of ether oxygens (including phenoxy) is 2. The molecule has 1 fully saturated rings. The summed E-state index contributed by atoms with van der Waals surface area (Å²) >= 11 is 0. The number of hydrogen-bond acceptors (Lipinski definition) is 5. The van der Waals surface area contributed by atoms with Crippen molar-refractivity contribution >= 4 is 15.9 Å². The van der Waals surface area contributed by atoms with E-state index in [4.69, 9.17) is 9.47 Å². The standard InChI is InChI=1S/C22H28N2O5S/c1-16-12-17(2)14-19(13-16)29-9-6-23-22(25)21-15-20(5-4-18(21)3)30(26,27)24-7-10-28-11-8-24/h4-5,12-15H,6-11H2,1-3H3,(H,23,25). The molecule has 0 unspecified atom stereocenters. The molecule has 1 heterocycles. The van der Waals surface area contributed by atoms with Crippen LogP contribution in [0.1, 0.15) is 27.0 Å². The second-order valence-electron chi connectivity index (χ2n) is 7.42. The molecule has 8 heteroatoms. The summed E-state index contributed by atoms with van der Waals surface area (Å²) in [5, 5.41) is 2.81. The summed E-state index contributed by atoms with van der Waals surface area (Å²) in [6.07, 6.45) is 0. The van der Waals surface area contributed by atoms with Crippen LogP contribution in [0.2, 0.25) is 0 Å². The largest absolute Gasteiger partial charge is 0.492 e. The van der Waals surface area contributed by atoms with Crippen LogP contribution in [0.3, 0.4) is 0 Å². The van der Waals surface area contributed by atoms with Gasteiger partial charge in [0, 0.05) is 18.7 Å². The van der Waals surface area contributed by atoms with Crippen molar-refractivity contribution in [3.63, 3.8) is 0 Å². The molecule has 0 atom stereocenters. The van der Waals surface area contributed by atoms with Crippen molar-refractivity contribution in [2.45, 2.75) is 25.7 Å². The van der Waals surface area contributed by atoms with E-state index in [1.165, 1.54) is 10.4 Å². The number of sulfonamides is 1. The first-order valence-electron chi connectivity index (χ1n) is 9.95. The van der Waals surface area contributed by atoms with Crippen LogP contribution in [-0.2, 0) is 14.8 Å². The molecule has 0 saturated carbocycles. The number of carbonyl (C=O) groups excluding carboxylic acids is 1. The van der Waals surface area contributed by atoms with E-state index < -0.39 is 10.0 Å². The summed E-state index contributed by atoms with van der Waals surface area (Å²) in [4.78, 5) is 12.8. The van der Waals surface area contributed by atoms with Crippen LogP contribution in [0.5, 0.6) is 5.75 Å². The summed E-state index contributed by atoms with van der Waals surface area (Å²) in [6.45, 7) is 7.79. The van der Waals surface area contributed by atoms with Crippen LogP contribution in [-0.4, -0.2) is 58.1 Å². The minimum absolute atomic E-state index is 0.117. The van der Waals surface area contributed by atoms with Crippen LogP contribution < -0.4 is 10.1 Å². The zero-order chi connectivity index (χ0) is 21.7. The molecular formula is C22H28N2O5S. The number of morpholine rings is 1. The van der Waals surface area contributed by atoms with Gasteiger partial charge in [0.05, 0.1) is 24.7 Å². The number of hydrogen-bond donors (Lipinski definition) is 1. The summed E-state index contributed by atoms with van der Waals surface area (Å²) in [5.74, 6) is 0.437. The summed E-state index contributed by atoms with van der Waals surface area (Å²) in [6, 6.07) is 10.6. The Labute approximate surface area is 178 Å². The number of nitrogens with one attached hydrogen (secondary N) is 1. The van der Waals surface area contributed by atoms with E-state index in [2.05, 4.69) is 11.4 Å². The fourth-order valence-electron chi connectivity index (χ4n) is 3.39. The van der Waals surface area contributed by atoms with Crippen molar-refractivity contribution in [1.82, 2.24) is 9.62 Å². The molecule has 0 aliphatic carbocycles. The highest BCUT2D eigenvalue weighted by atomic mass is 32.2. The third-order valence-corrected chi connectivity index (χ3v) is 6.81. The average Bonchev–Trinajstić information content (AvgIpc) is 2.71. The maximum absolute atomic E-state index is 12.9. The van der Waals surface area contributed by atoms with Gasteiger partial charge in [-0.3, -0.25) is 4.79 Å². The van der Waals surface area contributed by atoms with Gasteiger partial charge in [-0.2, -0.15) is 4.31 Å². The van der Waals surface area contributed by atoms with E-state index in [-0.39, 0.29) is 10.8 Å². The minimum Gasteiger partial charge on any atom is -0.492 e. The molecule has 0 radical (unpaired) electrons. The Balaban J connectivity index is 1.63. The van der Waals surface area contributed by atoms with Crippen molar-refractivity contribution in [3.05, 3.63) is 58.7 Å². The zero-order valence-electron chi connectivity index (χ0n) is 17.6. The Bertz CT molecular complexity index is 994. The molecule has 7 nitrogen and oxygen atoms in total. The van der Waals surface area contributed by atoms with E-state index in [0.29, 0.717) is 50.6 Å². The van der Waals surface area contributed by atoms with E-state index in [1.54, 1.807) is 19.1 Å². The van der Waals surface area contributed by atoms with Crippen LogP contribution in [0.15, 0.2) is 41.3 Å². The van der Waals surface area contributed by atoms with Gasteiger partial charge in [-0.05, 0) is 61.7 Å². The lowest BCUT2D eigenvalue weighted by Crippen LogP contribution is -2.40. The highest BCUT2D eigenvalue weighted by molar-refractivity contribution is 7.89. The lowest BCUT2D eigenvalue weighted by atomic mass is 10.1. The highest BCUT2D eigenvalue weighted by Gasteiger charge is 2.27. The third kappa shape index (κ3) is 5.38. The molecule has 2 aromatic carbocycles. The van der Waals surface area contributed by atoms with Crippen LogP contribution in [0, 0.1) is 20.8 Å². The lowest BCUT2D eigenvalue weighted by molar-refractivity contribution is 0.0730. The maximum Gasteiger partial charge on any atom is 0.251 e. The number of nitrogens with zero attached hydrogens (tertiary/aromatic N) is 1. The molecular weight excluding hydrogens is 404 g/mol. The smallest absolute Gasteiger partial charge is 0.251 e. The van der Waals surface area contributed by atoms with Crippen LogP contribution in [0.25, 0.3) is 0 Å². The predicted molar refractivity (Wildman–Crippen MR) is 115 cm³/mol. The summed E-state index contributed by atoms with van der Waals surface area (Å²) in [7, 11) is -3.66. The number of benzene rings is 2. The molecule has 30 heavy (non-hydrogen) atoms. The zero-order valence-corrected chi connectivity index (χ0v) is 18.4. The van der Waals surface area contributed by atoms with Gasteiger partial charge in [0.15, 0.2) is 0 Å². The minimum atomic E-state index is -3.66. The predicted octanol–water partition coefficient (Wildman–Crippen LogP) is 2.44. The van der Waals surface area contributed by atoms with Gasteiger partial charge in [-0.25, -0.2) is 8.42 Å². The second kappa shape index (κ2) is 9.59. The van der Waals surface area contributed by atoms with Gasteiger partial charge in [0.25, 0.3) is 5.91 Å². The summed E-state index contributed by atoms with van der Waals surface area (Å²) < 4.78 is 38.1. The molecule has 0 spiro atoms. The molecule has 1 amide bonds. The van der Waals surface area contributed by atoms with E-state index >= 15 is 0 Å². The SMILES string of the molecule is Cc1cc(C)cc(OCCNC(=O)c2cc(S(=O)(=O)N3CCOCC3)ccc2C)c1.